The van der Waals surface area contributed by atoms with Crippen LogP contribution < -0.4 is 15.6 Å². The van der Waals surface area contributed by atoms with Crippen molar-refractivity contribution in [3.63, 3.8) is 0 Å². The normalized spacial score (nSPS) is 13.6. The first-order chi connectivity index (χ1) is 12.6. The second kappa shape index (κ2) is 8.32. The van der Waals surface area contributed by atoms with Gasteiger partial charge in [0.25, 0.3) is 0 Å². The van der Waals surface area contributed by atoms with Crippen LogP contribution in [0.1, 0.15) is 35.6 Å². The van der Waals surface area contributed by atoms with Gasteiger partial charge in [0.15, 0.2) is 5.11 Å². The van der Waals surface area contributed by atoms with Crippen molar-refractivity contribution >= 4 is 34.9 Å². The van der Waals surface area contributed by atoms with Gasteiger partial charge in [0.05, 0.1) is 6.21 Å². The summed E-state index contributed by atoms with van der Waals surface area (Å²) in [6.45, 7) is 8.58. The summed E-state index contributed by atoms with van der Waals surface area (Å²) in [4.78, 5) is 2.43. The lowest BCUT2D eigenvalue weighted by molar-refractivity contribution is 0.708. The molecule has 0 aromatic heterocycles. The maximum Gasteiger partial charge on any atom is 0.191 e. The number of anilines is 2. The van der Waals surface area contributed by atoms with Crippen molar-refractivity contribution in [3.05, 3.63) is 58.7 Å². The zero-order chi connectivity index (χ0) is 18.5. The van der Waals surface area contributed by atoms with E-state index in [9.17, 15) is 0 Å². The molecule has 0 fully saturated rings. The number of hydrogen-bond acceptors (Lipinski definition) is 3. The van der Waals surface area contributed by atoms with Gasteiger partial charge < -0.3 is 10.2 Å². The van der Waals surface area contributed by atoms with E-state index >= 15 is 0 Å². The fourth-order valence-corrected chi connectivity index (χ4v) is 3.47. The molecule has 136 valence electrons. The number of nitrogens with zero attached hydrogens (tertiary/aromatic N) is 2. The van der Waals surface area contributed by atoms with E-state index in [1.54, 1.807) is 0 Å². The summed E-state index contributed by atoms with van der Waals surface area (Å²) in [6, 6.07) is 12.7. The number of aryl methyl sites for hydroxylation is 2. The van der Waals surface area contributed by atoms with Crippen molar-refractivity contribution in [3.8, 4) is 0 Å². The Labute approximate surface area is 161 Å². The van der Waals surface area contributed by atoms with Crippen LogP contribution in [0, 0.1) is 13.8 Å². The van der Waals surface area contributed by atoms with Gasteiger partial charge in [-0.2, -0.15) is 5.10 Å². The maximum absolute atomic E-state index is 5.34. The molecule has 0 saturated carbocycles. The molecule has 4 nitrogen and oxygen atoms in total. The molecule has 1 aliphatic rings. The maximum atomic E-state index is 5.34. The monoisotopic (exact) mass is 366 g/mol. The summed E-state index contributed by atoms with van der Waals surface area (Å²) >= 11 is 5.34. The third kappa shape index (κ3) is 4.22. The third-order valence-corrected chi connectivity index (χ3v) is 5.13. The molecule has 3 rings (SSSR count). The highest BCUT2D eigenvalue weighted by Gasteiger charge is 2.15. The predicted molar refractivity (Wildman–Crippen MR) is 116 cm³/mol. The van der Waals surface area contributed by atoms with Crippen molar-refractivity contribution in [1.82, 2.24) is 5.43 Å². The average Bonchev–Trinajstić information content (AvgIpc) is 2.64. The van der Waals surface area contributed by atoms with Crippen LogP contribution in [0.25, 0.3) is 0 Å². The number of nitrogens with one attached hydrogen (secondary N) is 2. The van der Waals surface area contributed by atoms with Crippen molar-refractivity contribution < 1.29 is 0 Å². The largest absolute Gasteiger partial charge is 0.372 e. The molecule has 0 spiro atoms. The van der Waals surface area contributed by atoms with Crippen LogP contribution in [0.4, 0.5) is 11.4 Å². The lowest BCUT2D eigenvalue weighted by Gasteiger charge is -2.30. The van der Waals surface area contributed by atoms with Crippen molar-refractivity contribution in [2.75, 3.05) is 23.3 Å². The van der Waals surface area contributed by atoms with E-state index in [0.29, 0.717) is 5.11 Å². The third-order valence-electron chi connectivity index (χ3n) is 4.93. The van der Waals surface area contributed by atoms with E-state index in [1.165, 1.54) is 28.8 Å². The van der Waals surface area contributed by atoms with E-state index in [-0.39, 0.29) is 0 Å². The summed E-state index contributed by atoms with van der Waals surface area (Å²) in [6.07, 6.45) is 4.17. The summed E-state index contributed by atoms with van der Waals surface area (Å²) in [5, 5.41) is 7.98. The van der Waals surface area contributed by atoms with Gasteiger partial charge >= 0.3 is 0 Å². The number of fused-ring (bicyclic) bond motifs is 1. The first-order valence-electron chi connectivity index (χ1n) is 9.12. The second-order valence-electron chi connectivity index (χ2n) is 6.64. The van der Waals surface area contributed by atoms with Crippen molar-refractivity contribution in [2.45, 2.75) is 33.6 Å². The molecule has 0 saturated heterocycles. The Morgan fingerprint density at radius 2 is 2.12 bits per heavy atom. The van der Waals surface area contributed by atoms with Crippen LogP contribution in [0.5, 0.6) is 0 Å². The Kier molecular flexibility index (Phi) is 5.89. The van der Waals surface area contributed by atoms with Gasteiger partial charge in [0.2, 0.25) is 0 Å². The fraction of sp³-hybridized carbons (Fsp3) is 0.333. The molecule has 1 aliphatic heterocycles. The Morgan fingerprint density at radius 1 is 1.27 bits per heavy atom. The lowest BCUT2D eigenvalue weighted by Crippen LogP contribution is -2.28. The minimum Gasteiger partial charge on any atom is -0.372 e. The Hall–Kier alpha value is -2.40. The SMILES string of the molecule is CCN1CCCc2cc(C=NNC(=S)Nc3cccc(C)c3C)ccc21. The number of thiocarbonyl (C=S) groups is 1. The van der Waals surface area contributed by atoms with Crippen molar-refractivity contribution in [1.29, 1.82) is 0 Å². The van der Waals surface area contributed by atoms with Gasteiger partial charge in [-0.3, -0.25) is 5.43 Å². The summed E-state index contributed by atoms with van der Waals surface area (Å²) < 4.78 is 0. The van der Waals surface area contributed by atoms with Gasteiger partial charge in [-0.1, -0.05) is 18.2 Å². The minimum atomic E-state index is 0.491. The fourth-order valence-electron chi connectivity index (χ4n) is 3.31. The molecule has 2 aromatic carbocycles. The van der Waals surface area contributed by atoms with Crippen LogP contribution in [0.3, 0.4) is 0 Å². The standard InChI is InChI=1S/C21H26N4S/c1-4-25-12-6-8-18-13-17(10-11-20(18)25)14-22-24-21(26)23-19-9-5-7-15(2)16(19)3/h5,7,9-11,13-14H,4,6,8,12H2,1-3H3,(H2,23,24,26). The van der Waals surface area contributed by atoms with Crippen LogP contribution in [0.2, 0.25) is 0 Å². The minimum absolute atomic E-state index is 0.491. The molecule has 5 heteroatoms. The molecule has 0 radical (unpaired) electrons. The molecule has 26 heavy (non-hydrogen) atoms. The molecule has 0 bridgehead atoms. The van der Waals surface area contributed by atoms with Gasteiger partial charge in [0.1, 0.15) is 0 Å². The highest BCUT2D eigenvalue weighted by atomic mass is 32.1. The summed E-state index contributed by atoms with van der Waals surface area (Å²) in [7, 11) is 0. The topological polar surface area (TPSA) is 39.7 Å². The molecule has 2 N–H and O–H groups in total. The molecule has 2 aromatic rings. The molecular weight excluding hydrogens is 340 g/mol. The zero-order valence-corrected chi connectivity index (χ0v) is 16.5. The first kappa shape index (κ1) is 18.4. The Balaban J connectivity index is 1.62. The highest BCUT2D eigenvalue weighted by Crippen LogP contribution is 2.27. The molecule has 0 amide bonds. The Morgan fingerprint density at radius 3 is 2.92 bits per heavy atom. The molecular formula is C21H26N4S. The quantitative estimate of drug-likeness (QED) is 0.478. The number of rotatable bonds is 4. The van der Waals surface area contributed by atoms with Gasteiger partial charge in [-0.05, 0) is 86.3 Å². The summed E-state index contributed by atoms with van der Waals surface area (Å²) in [5.41, 5.74) is 10.2. The van der Waals surface area contributed by atoms with E-state index in [2.05, 4.69) is 65.8 Å². The molecule has 1 heterocycles. The number of hydrogen-bond donors (Lipinski definition) is 2. The van der Waals surface area contributed by atoms with E-state index in [1.807, 2.05) is 18.3 Å². The lowest BCUT2D eigenvalue weighted by atomic mass is 9.99. The van der Waals surface area contributed by atoms with Crippen LogP contribution in [-0.2, 0) is 6.42 Å². The molecule has 0 atom stereocenters. The smallest absolute Gasteiger partial charge is 0.191 e. The predicted octanol–water partition coefficient (Wildman–Crippen LogP) is 4.40. The van der Waals surface area contributed by atoms with Gasteiger partial charge in [0, 0.05) is 24.5 Å². The van der Waals surface area contributed by atoms with Crippen molar-refractivity contribution in [2.24, 2.45) is 5.10 Å². The summed E-state index contributed by atoms with van der Waals surface area (Å²) in [5.74, 6) is 0. The zero-order valence-electron chi connectivity index (χ0n) is 15.7. The van der Waals surface area contributed by atoms with Crippen LogP contribution in [-0.4, -0.2) is 24.4 Å². The van der Waals surface area contributed by atoms with Gasteiger partial charge in [-0.25, -0.2) is 0 Å². The van der Waals surface area contributed by atoms with Gasteiger partial charge in [-0.15, -0.1) is 0 Å². The van der Waals surface area contributed by atoms with Crippen LogP contribution >= 0.6 is 12.2 Å². The number of benzene rings is 2. The second-order valence-corrected chi connectivity index (χ2v) is 7.05. The van der Waals surface area contributed by atoms with Crippen LogP contribution in [0.15, 0.2) is 41.5 Å². The van der Waals surface area contributed by atoms with E-state index in [4.69, 9.17) is 12.2 Å². The Bertz CT molecular complexity index is 829. The molecule has 0 aliphatic carbocycles. The molecule has 0 unspecified atom stereocenters. The highest BCUT2D eigenvalue weighted by molar-refractivity contribution is 7.80. The van der Waals surface area contributed by atoms with E-state index < -0.39 is 0 Å². The first-order valence-corrected chi connectivity index (χ1v) is 9.53. The average molecular weight is 367 g/mol. The number of hydrazone groups is 1. The van der Waals surface area contributed by atoms with E-state index in [0.717, 1.165) is 30.8 Å².